The minimum Gasteiger partial charge on any atom is -0.481 e. The third kappa shape index (κ3) is 1.95. The van der Waals surface area contributed by atoms with E-state index >= 15 is 0 Å². The Morgan fingerprint density at radius 3 is 2.83 bits per heavy atom. The molecule has 0 bridgehead atoms. The third-order valence-electron chi connectivity index (χ3n) is 1.96. The van der Waals surface area contributed by atoms with E-state index in [4.69, 9.17) is 10.8 Å². The zero-order valence-electron chi connectivity index (χ0n) is 6.86. The van der Waals surface area contributed by atoms with Gasteiger partial charge in [-0.15, -0.1) is 0 Å². The number of aliphatic carboxylic acids is 1. The van der Waals surface area contributed by atoms with Crippen LogP contribution in [0.25, 0.3) is 0 Å². The first-order valence-corrected chi connectivity index (χ1v) is 4.05. The first-order valence-electron chi connectivity index (χ1n) is 4.05. The Bertz CT molecular complexity index is 231. The van der Waals surface area contributed by atoms with Crippen LogP contribution in [-0.2, 0) is 4.79 Å². The highest BCUT2D eigenvalue weighted by molar-refractivity contribution is 5.75. The number of allylic oxidation sites excluding steroid dienone is 3. The maximum atomic E-state index is 10.7. The van der Waals surface area contributed by atoms with Gasteiger partial charge in [0, 0.05) is 6.54 Å². The van der Waals surface area contributed by atoms with Crippen LogP contribution in [0.3, 0.4) is 0 Å². The van der Waals surface area contributed by atoms with Crippen molar-refractivity contribution in [2.45, 2.75) is 12.8 Å². The fourth-order valence-corrected chi connectivity index (χ4v) is 1.27. The first kappa shape index (κ1) is 9.00. The Labute approximate surface area is 71.6 Å². The average Bonchev–Trinajstić information content (AvgIpc) is 2.07. The Balaban J connectivity index is 2.71. The largest absolute Gasteiger partial charge is 0.481 e. The van der Waals surface area contributed by atoms with E-state index in [1.165, 1.54) is 0 Å². The van der Waals surface area contributed by atoms with Crippen molar-refractivity contribution in [2.24, 2.45) is 11.7 Å². The van der Waals surface area contributed by atoms with Crippen molar-refractivity contribution in [1.29, 1.82) is 0 Å². The van der Waals surface area contributed by atoms with Crippen LogP contribution in [0.2, 0.25) is 0 Å². The quantitative estimate of drug-likeness (QED) is 0.657. The summed E-state index contributed by atoms with van der Waals surface area (Å²) in [6.45, 7) is 0.172. The summed E-state index contributed by atoms with van der Waals surface area (Å²) in [5.74, 6) is -1.36. The molecule has 1 atom stereocenters. The lowest BCUT2D eigenvalue weighted by molar-refractivity contribution is -0.139. The number of rotatable bonds is 3. The van der Waals surface area contributed by atoms with Gasteiger partial charge in [-0.1, -0.05) is 18.2 Å². The zero-order valence-corrected chi connectivity index (χ0v) is 6.86. The molecular weight excluding hydrogens is 154 g/mol. The molecule has 0 amide bonds. The molecule has 0 fully saturated rings. The van der Waals surface area contributed by atoms with Crippen LogP contribution < -0.4 is 5.73 Å². The van der Waals surface area contributed by atoms with Crippen molar-refractivity contribution < 1.29 is 9.90 Å². The van der Waals surface area contributed by atoms with E-state index < -0.39 is 11.9 Å². The maximum absolute atomic E-state index is 10.7. The summed E-state index contributed by atoms with van der Waals surface area (Å²) in [5, 5.41) is 8.77. The van der Waals surface area contributed by atoms with Gasteiger partial charge in [0.25, 0.3) is 0 Å². The fraction of sp³-hybridized carbons (Fsp3) is 0.444. The Morgan fingerprint density at radius 2 is 2.42 bits per heavy atom. The van der Waals surface area contributed by atoms with Gasteiger partial charge in [-0.05, 0) is 18.4 Å². The second-order valence-corrected chi connectivity index (χ2v) is 2.81. The number of carbonyl (C=O) groups is 1. The zero-order chi connectivity index (χ0) is 8.97. The highest BCUT2D eigenvalue weighted by Crippen LogP contribution is 2.17. The van der Waals surface area contributed by atoms with Crippen molar-refractivity contribution in [2.75, 3.05) is 6.54 Å². The molecule has 12 heavy (non-hydrogen) atoms. The standard InChI is InChI=1S/C9H13NO2/c10-6-8(9(11)12)7-4-2-1-3-5-7/h2,4-5,8H,1,3,6,10H2,(H,11,12). The average molecular weight is 167 g/mol. The Hall–Kier alpha value is -1.09. The summed E-state index contributed by atoms with van der Waals surface area (Å²) in [6.07, 6.45) is 7.72. The molecule has 1 aliphatic carbocycles. The van der Waals surface area contributed by atoms with Crippen LogP contribution in [0.4, 0.5) is 0 Å². The summed E-state index contributed by atoms with van der Waals surface area (Å²) in [4.78, 5) is 10.7. The van der Waals surface area contributed by atoms with E-state index in [-0.39, 0.29) is 6.54 Å². The molecule has 3 heteroatoms. The summed E-state index contributed by atoms with van der Waals surface area (Å²) in [6, 6.07) is 0. The minimum absolute atomic E-state index is 0.172. The molecule has 1 unspecified atom stereocenters. The minimum atomic E-state index is -0.838. The van der Waals surface area contributed by atoms with Gasteiger partial charge < -0.3 is 10.8 Å². The number of carboxylic acid groups (broad SMARTS) is 1. The lowest BCUT2D eigenvalue weighted by Crippen LogP contribution is -2.25. The van der Waals surface area contributed by atoms with Crippen LogP contribution >= 0.6 is 0 Å². The van der Waals surface area contributed by atoms with Crippen LogP contribution in [0.1, 0.15) is 12.8 Å². The molecule has 3 N–H and O–H groups in total. The summed E-state index contributed by atoms with van der Waals surface area (Å²) in [7, 11) is 0. The van der Waals surface area contributed by atoms with Gasteiger partial charge in [0.2, 0.25) is 0 Å². The first-order chi connectivity index (χ1) is 5.75. The van der Waals surface area contributed by atoms with E-state index in [1.54, 1.807) is 0 Å². The van der Waals surface area contributed by atoms with Crippen LogP contribution in [0.15, 0.2) is 23.8 Å². The Kier molecular flexibility index (Phi) is 3.05. The SMILES string of the molecule is NCC(C(=O)O)C1=CCCC=C1. The predicted molar refractivity (Wildman–Crippen MR) is 46.6 cm³/mol. The van der Waals surface area contributed by atoms with Crippen LogP contribution in [0.5, 0.6) is 0 Å². The van der Waals surface area contributed by atoms with Gasteiger partial charge in [0.15, 0.2) is 0 Å². The number of nitrogens with two attached hydrogens (primary N) is 1. The molecule has 0 spiro atoms. The lowest BCUT2D eigenvalue weighted by atomic mass is 9.94. The third-order valence-corrected chi connectivity index (χ3v) is 1.96. The summed E-state index contributed by atoms with van der Waals surface area (Å²) in [5.41, 5.74) is 6.19. The topological polar surface area (TPSA) is 63.3 Å². The van der Waals surface area contributed by atoms with Gasteiger partial charge in [-0.3, -0.25) is 4.79 Å². The monoisotopic (exact) mass is 167 g/mol. The van der Waals surface area contributed by atoms with E-state index in [9.17, 15) is 4.79 Å². The molecule has 0 aromatic rings. The maximum Gasteiger partial charge on any atom is 0.312 e. The number of carboxylic acids is 1. The van der Waals surface area contributed by atoms with Crippen molar-refractivity contribution in [3.8, 4) is 0 Å². The van der Waals surface area contributed by atoms with E-state index in [0.717, 1.165) is 18.4 Å². The molecule has 0 saturated carbocycles. The molecule has 0 aromatic heterocycles. The molecule has 0 heterocycles. The lowest BCUT2D eigenvalue weighted by Gasteiger charge is -2.13. The van der Waals surface area contributed by atoms with Gasteiger partial charge >= 0.3 is 5.97 Å². The second-order valence-electron chi connectivity index (χ2n) is 2.81. The molecule has 0 saturated heterocycles. The molecule has 0 radical (unpaired) electrons. The van der Waals surface area contributed by atoms with E-state index in [2.05, 4.69) is 0 Å². The number of hydrogen-bond acceptors (Lipinski definition) is 2. The van der Waals surface area contributed by atoms with Gasteiger partial charge in [0.05, 0.1) is 5.92 Å². The predicted octanol–water partition coefficient (Wildman–Crippen LogP) is 0.922. The molecule has 1 aliphatic rings. The highest BCUT2D eigenvalue weighted by atomic mass is 16.4. The molecule has 0 aromatic carbocycles. The smallest absolute Gasteiger partial charge is 0.312 e. The molecule has 3 nitrogen and oxygen atoms in total. The van der Waals surface area contributed by atoms with Gasteiger partial charge in [-0.25, -0.2) is 0 Å². The molecule has 0 aliphatic heterocycles. The molecule has 66 valence electrons. The summed E-state index contributed by atoms with van der Waals surface area (Å²) >= 11 is 0. The van der Waals surface area contributed by atoms with Gasteiger partial charge in [-0.2, -0.15) is 0 Å². The van der Waals surface area contributed by atoms with Gasteiger partial charge in [0.1, 0.15) is 0 Å². The van der Waals surface area contributed by atoms with Crippen LogP contribution in [0, 0.1) is 5.92 Å². The highest BCUT2D eigenvalue weighted by Gasteiger charge is 2.18. The van der Waals surface area contributed by atoms with Crippen LogP contribution in [-0.4, -0.2) is 17.6 Å². The van der Waals surface area contributed by atoms with Crippen molar-refractivity contribution in [3.05, 3.63) is 23.8 Å². The van der Waals surface area contributed by atoms with E-state index in [0.29, 0.717) is 0 Å². The van der Waals surface area contributed by atoms with Crippen molar-refractivity contribution in [3.63, 3.8) is 0 Å². The Morgan fingerprint density at radius 1 is 1.67 bits per heavy atom. The van der Waals surface area contributed by atoms with Crippen molar-refractivity contribution >= 4 is 5.97 Å². The molecular formula is C9H13NO2. The van der Waals surface area contributed by atoms with E-state index in [1.807, 2.05) is 18.2 Å². The number of hydrogen-bond donors (Lipinski definition) is 2. The van der Waals surface area contributed by atoms with Crippen molar-refractivity contribution in [1.82, 2.24) is 0 Å². The summed E-state index contributed by atoms with van der Waals surface area (Å²) < 4.78 is 0. The normalized spacial score (nSPS) is 18.6. The molecule has 1 rings (SSSR count). The second kappa shape index (κ2) is 4.07. The fourth-order valence-electron chi connectivity index (χ4n) is 1.27.